The van der Waals surface area contributed by atoms with Gasteiger partial charge in [-0.15, -0.1) is 0 Å². The van der Waals surface area contributed by atoms with E-state index in [1.165, 1.54) is 5.56 Å². The lowest BCUT2D eigenvalue weighted by atomic mass is 10.0. The first-order valence-electron chi connectivity index (χ1n) is 6.06. The molecule has 0 radical (unpaired) electrons. The number of ether oxygens (including phenoxy) is 1. The van der Waals surface area contributed by atoms with Gasteiger partial charge in [0, 0.05) is 12.1 Å². The molecule has 0 amide bonds. The fourth-order valence-electron chi connectivity index (χ4n) is 1.77. The molecule has 0 fully saturated rings. The molecular formula is C14H23NO2. The molecular weight excluding hydrogens is 214 g/mol. The SMILES string of the molecule is CNCC(O)c1ccc(C)c(C)c1OC(C)C. The van der Waals surface area contributed by atoms with Crippen LogP contribution < -0.4 is 10.1 Å². The van der Waals surface area contributed by atoms with Crippen molar-refractivity contribution < 1.29 is 9.84 Å². The highest BCUT2D eigenvalue weighted by Gasteiger charge is 2.17. The number of aryl methyl sites for hydroxylation is 1. The summed E-state index contributed by atoms with van der Waals surface area (Å²) in [5, 5.41) is 13.1. The molecule has 0 aliphatic carbocycles. The molecule has 1 rings (SSSR count). The summed E-state index contributed by atoms with van der Waals surface area (Å²) < 4.78 is 5.84. The van der Waals surface area contributed by atoms with E-state index in [0.29, 0.717) is 6.54 Å². The van der Waals surface area contributed by atoms with Crippen molar-refractivity contribution in [2.45, 2.75) is 39.9 Å². The Balaban J connectivity index is 3.15. The van der Waals surface area contributed by atoms with Crippen LogP contribution in [0, 0.1) is 13.8 Å². The summed E-state index contributed by atoms with van der Waals surface area (Å²) in [4.78, 5) is 0. The maximum absolute atomic E-state index is 10.1. The standard InChI is InChI=1S/C14H23NO2/c1-9(2)17-14-11(4)10(3)6-7-12(14)13(16)8-15-5/h6-7,9,13,15-16H,8H2,1-5H3. The molecule has 3 nitrogen and oxygen atoms in total. The van der Waals surface area contributed by atoms with Crippen LogP contribution in [0.4, 0.5) is 0 Å². The molecule has 1 aromatic carbocycles. The molecule has 17 heavy (non-hydrogen) atoms. The minimum atomic E-state index is -0.534. The van der Waals surface area contributed by atoms with Gasteiger partial charge in [-0.2, -0.15) is 0 Å². The third-order valence-electron chi connectivity index (χ3n) is 2.82. The van der Waals surface area contributed by atoms with Crippen LogP contribution in [-0.4, -0.2) is 24.8 Å². The Labute approximate surface area is 104 Å². The fraction of sp³-hybridized carbons (Fsp3) is 0.571. The number of rotatable bonds is 5. The van der Waals surface area contributed by atoms with E-state index in [1.807, 2.05) is 40.0 Å². The molecule has 0 bridgehead atoms. The van der Waals surface area contributed by atoms with Crippen molar-refractivity contribution in [1.82, 2.24) is 5.32 Å². The van der Waals surface area contributed by atoms with Crippen molar-refractivity contribution in [3.05, 3.63) is 28.8 Å². The number of hydrogen-bond donors (Lipinski definition) is 2. The van der Waals surface area contributed by atoms with Gasteiger partial charge < -0.3 is 15.2 Å². The Morgan fingerprint density at radius 1 is 1.29 bits per heavy atom. The maximum Gasteiger partial charge on any atom is 0.128 e. The van der Waals surface area contributed by atoms with Crippen LogP contribution in [0.3, 0.4) is 0 Å². The number of aliphatic hydroxyl groups is 1. The molecule has 0 aliphatic heterocycles. The molecule has 0 saturated carbocycles. The smallest absolute Gasteiger partial charge is 0.128 e. The molecule has 1 atom stereocenters. The number of aliphatic hydroxyl groups excluding tert-OH is 1. The molecule has 0 spiro atoms. The van der Waals surface area contributed by atoms with Gasteiger partial charge in [0.15, 0.2) is 0 Å². The summed E-state index contributed by atoms with van der Waals surface area (Å²) in [6, 6.07) is 3.97. The summed E-state index contributed by atoms with van der Waals surface area (Å²) in [6.07, 6.45) is -0.427. The van der Waals surface area contributed by atoms with Crippen molar-refractivity contribution in [3.63, 3.8) is 0 Å². The van der Waals surface area contributed by atoms with Crippen molar-refractivity contribution >= 4 is 0 Å². The van der Waals surface area contributed by atoms with E-state index in [1.54, 1.807) is 0 Å². The Morgan fingerprint density at radius 3 is 2.47 bits per heavy atom. The largest absolute Gasteiger partial charge is 0.490 e. The van der Waals surface area contributed by atoms with Gasteiger partial charge in [-0.05, 0) is 45.9 Å². The Bertz CT molecular complexity index is 375. The van der Waals surface area contributed by atoms with E-state index in [4.69, 9.17) is 4.74 Å². The lowest BCUT2D eigenvalue weighted by Crippen LogP contribution is -2.19. The highest BCUT2D eigenvalue weighted by molar-refractivity contribution is 5.46. The van der Waals surface area contributed by atoms with Gasteiger partial charge in [0.1, 0.15) is 5.75 Å². The van der Waals surface area contributed by atoms with Crippen molar-refractivity contribution in [2.24, 2.45) is 0 Å². The number of likely N-dealkylation sites (N-methyl/N-ethyl adjacent to an activating group) is 1. The third kappa shape index (κ3) is 3.45. The third-order valence-corrected chi connectivity index (χ3v) is 2.82. The lowest BCUT2D eigenvalue weighted by Gasteiger charge is -2.21. The monoisotopic (exact) mass is 237 g/mol. The Hall–Kier alpha value is -1.06. The lowest BCUT2D eigenvalue weighted by molar-refractivity contribution is 0.165. The second-order valence-corrected chi connectivity index (χ2v) is 4.67. The van der Waals surface area contributed by atoms with E-state index in [9.17, 15) is 5.11 Å². The first kappa shape index (κ1) is 14.0. The molecule has 3 heteroatoms. The molecule has 1 aromatic rings. The van der Waals surface area contributed by atoms with Crippen LogP contribution in [0.2, 0.25) is 0 Å². The van der Waals surface area contributed by atoms with Crippen LogP contribution in [-0.2, 0) is 0 Å². The van der Waals surface area contributed by atoms with E-state index in [2.05, 4.69) is 12.2 Å². The highest BCUT2D eigenvalue weighted by Crippen LogP contribution is 2.31. The normalized spacial score (nSPS) is 12.9. The molecule has 0 heterocycles. The predicted octanol–water partition coefficient (Wildman–Crippen LogP) is 2.34. The summed E-state index contributed by atoms with van der Waals surface area (Å²) in [7, 11) is 1.83. The first-order chi connectivity index (χ1) is 7.97. The van der Waals surface area contributed by atoms with Crippen LogP contribution >= 0.6 is 0 Å². The zero-order chi connectivity index (χ0) is 13.0. The molecule has 2 N–H and O–H groups in total. The van der Waals surface area contributed by atoms with Crippen molar-refractivity contribution in [1.29, 1.82) is 0 Å². The fourth-order valence-corrected chi connectivity index (χ4v) is 1.77. The Morgan fingerprint density at radius 2 is 1.94 bits per heavy atom. The van der Waals surface area contributed by atoms with Gasteiger partial charge in [-0.1, -0.05) is 12.1 Å². The van der Waals surface area contributed by atoms with Gasteiger partial charge >= 0.3 is 0 Å². The van der Waals surface area contributed by atoms with Gasteiger partial charge in [0.2, 0.25) is 0 Å². The maximum atomic E-state index is 10.1. The van der Waals surface area contributed by atoms with E-state index in [-0.39, 0.29) is 6.10 Å². The van der Waals surface area contributed by atoms with Gasteiger partial charge in [0.05, 0.1) is 12.2 Å². The second-order valence-electron chi connectivity index (χ2n) is 4.67. The van der Waals surface area contributed by atoms with E-state index < -0.39 is 6.10 Å². The molecule has 0 saturated heterocycles. The van der Waals surface area contributed by atoms with Gasteiger partial charge in [-0.25, -0.2) is 0 Å². The van der Waals surface area contributed by atoms with E-state index >= 15 is 0 Å². The zero-order valence-corrected chi connectivity index (χ0v) is 11.4. The molecule has 1 unspecified atom stereocenters. The summed E-state index contributed by atoms with van der Waals surface area (Å²) in [5.74, 6) is 0.822. The van der Waals surface area contributed by atoms with E-state index in [0.717, 1.165) is 16.9 Å². The number of benzene rings is 1. The minimum absolute atomic E-state index is 0.107. The van der Waals surface area contributed by atoms with Crippen molar-refractivity contribution in [3.8, 4) is 5.75 Å². The van der Waals surface area contributed by atoms with Crippen LogP contribution in [0.25, 0.3) is 0 Å². The van der Waals surface area contributed by atoms with Crippen LogP contribution in [0.15, 0.2) is 12.1 Å². The average Bonchev–Trinajstić information content (AvgIpc) is 2.24. The van der Waals surface area contributed by atoms with Crippen LogP contribution in [0.5, 0.6) is 5.75 Å². The zero-order valence-electron chi connectivity index (χ0n) is 11.4. The average molecular weight is 237 g/mol. The second kappa shape index (κ2) is 6.03. The summed E-state index contributed by atoms with van der Waals surface area (Å²) >= 11 is 0. The number of nitrogens with one attached hydrogen (secondary N) is 1. The summed E-state index contributed by atoms with van der Waals surface area (Å²) in [5.41, 5.74) is 3.14. The first-order valence-corrected chi connectivity index (χ1v) is 6.06. The number of hydrogen-bond acceptors (Lipinski definition) is 3. The molecule has 0 aromatic heterocycles. The van der Waals surface area contributed by atoms with Crippen molar-refractivity contribution in [2.75, 3.05) is 13.6 Å². The topological polar surface area (TPSA) is 41.5 Å². The van der Waals surface area contributed by atoms with Crippen LogP contribution in [0.1, 0.15) is 36.6 Å². The summed E-state index contributed by atoms with van der Waals surface area (Å²) in [6.45, 7) is 8.60. The van der Waals surface area contributed by atoms with Gasteiger partial charge in [0.25, 0.3) is 0 Å². The predicted molar refractivity (Wildman–Crippen MR) is 70.6 cm³/mol. The quantitative estimate of drug-likeness (QED) is 0.826. The molecule has 0 aliphatic rings. The minimum Gasteiger partial charge on any atom is -0.490 e. The highest BCUT2D eigenvalue weighted by atomic mass is 16.5. The molecule has 96 valence electrons. The van der Waals surface area contributed by atoms with Gasteiger partial charge in [-0.3, -0.25) is 0 Å². The Kier molecular flexibility index (Phi) is 4.97.